The van der Waals surface area contributed by atoms with Crippen LogP contribution < -0.4 is 10.2 Å². The Bertz CT molecular complexity index is 390. The Morgan fingerprint density at radius 1 is 1.60 bits per heavy atom. The molecule has 0 radical (unpaired) electrons. The molecule has 0 saturated carbocycles. The molecule has 15 heavy (non-hydrogen) atoms. The number of carboxylic acids is 1. The van der Waals surface area contributed by atoms with Crippen LogP contribution in [0, 0.1) is 0 Å². The average Bonchev–Trinajstić information content (AvgIpc) is 2.57. The van der Waals surface area contributed by atoms with E-state index in [1.165, 1.54) is 11.3 Å². The minimum absolute atomic E-state index is 0.0331. The molecule has 1 heterocycles. The third kappa shape index (κ3) is 2.03. The molecule has 4 heteroatoms. The molecule has 0 amide bonds. The predicted octanol–water partition coefficient (Wildman–Crippen LogP) is 1.18. The van der Waals surface area contributed by atoms with Crippen molar-refractivity contribution in [3.05, 3.63) is 23.8 Å². The molecule has 0 saturated heterocycles. The minimum atomic E-state index is -0.840. The van der Waals surface area contributed by atoms with Crippen LogP contribution in [0.3, 0.4) is 0 Å². The summed E-state index contributed by atoms with van der Waals surface area (Å²) in [6, 6.07) is 5.98. The first-order chi connectivity index (χ1) is 7.16. The van der Waals surface area contributed by atoms with Gasteiger partial charge in [0, 0.05) is 25.0 Å². The molecule has 1 aromatic carbocycles. The number of carboxylic acid groups (broad SMARTS) is 1. The number of carbonyl (C=O) groups is 1. The number of rotatable bonds is 3. The third-order valence-electron chi connectivity index (χ3n) is 2.65. The molecule has 0 aromatic heterocycles. The van der Waals surface area contributed by atoms with Crippen molar-refractivity contribution in [2.75, 3.05) is 30.4 Å². The summed E-state index contributed by atoms with van der Waals surface area (Å²) in [5.74, 6) is -0.840. The van der Waals surface area contributed by atoms with Crippen LogP contribution in [0.4, 0.5) is 11.4 Å². The van der Waals surface area contributed by atoms with Gasteiger partial charge in [0.1, 0.15) is 6.54 Å². The molecule has 1 aliphatic heterocycles. The minimum Gasteiger partial charge on any atom is -0.480 e. The summed E-state index contributed by atoms with van der Waals surface area (Å²) >= 11 is 0. The number of hydrogen-bond donors (Lipinski definition) is 2. The second-order valence-electron chi connectivity index (χ2n) is 3.76. The Morgan fingerprint density at radius 3 is 3.13 bits per heavy atom. The maximum absolute atomic E-state index is 10.4. The number of nitrogens with zero attached hydrogens (tertiary/aromatic N) is 1. The van der Waals surface area contributed by atoms with Crippen LogP contribution in [0.15, 0.2) is 18.2 Å². The molecular weight excluding hydrogens is 192 g/mol. The van der Waals surface area contributed by atoms with Crippen LogP contribution in [-0.4, -0.2) is 31.2 Å². The molecule has 0 fully saturated rings. The van der Waals surface area contributed by atoms with E-state index in [-0.39, 0.29) is 6.54 Å². The van der Waals surface area contributed by atoms with Crippen molar-refractivity contribution < 1.29 is 9.90 Å². The highest BCUT2D eigenvalue weighted by Gasteiger charge is 2.15. The Kier molecular flexibility index (Phi) is 2.49. The van der Waals surface area contributed by atoms with Crippen molar-refractivity contribution in [2.45, 2.75) is 6.42 Å². The van der Waals surface area contributed by atoms with Gasteiger partial charge in [0.25, 0.3) is 0 Å². The maximum Gasteiger partial charge on any atom is 0.322 e. The molecule has 1 aliphatic rings. The highest BCUT2D eigenvalue weighted by atomic mass is 16.4. The molecule has 4 nitrogen and oxygen atoms in total. The summed E-state index contributed by atoms with van der Waals surface area (Å²) in [6.45, 7) is 1.01. The zero-order chi connectivity index (χ0) is 10.8. The molecule has 1 aromatic rings. The summed E-state index contributed by atoms with van der Waals surface area (Å²) in [6.07, 6.45) is 1.04. The van der Waals surface area contributed by atoms with Crippen molar-refractivity contribution in [3.8, 4) is 0 Å². The molecule has 0 aliphatic carbocycles. The quantitative estimate of drug-likeness (QED) is 0.779. The fourth-order valence-corrected chi connectivity index (χ4v) is 1.85. The monoisotopic (exact) mass is 206 g/mol. The first kappa shape index (κ1) is 9.83. The summed E-state index contributed by atoms with van der Waals surface area (Å²) in [7, 11) is 2.07. The summed E-state index contributed by atoms with van der Waals surface area (Å²) in [5, 5.41) is 11.4. The Balaban J connectivity index is 2.12. The summed E-state index contributed by atoms with van der Waals surface area (Å²) < 4.78 is 0. The van der Waals surface area contributed by atoms with E-state index in [1.807, 2.05) is 18.2 Å². The molecular formula is C11H14N2O2. The SMILES string of the molecule is CN1CCc2cc(NCC(=O)O)ccc21. The average molecular weight is 206 g/mol. The zero-order valence-electron chi connectivity index (χ0n) is 8.66. The van der Waals surface area contributed by atoms with Crippen LogP contribution in [-0.2, 0) is 11.2 Å². The number of hydrogen-bond acceptors (Lipinski definition) is 3. The van der Waals surface area contributed by atoms with Crippen LogP contribution in [0.1, 0.15) is 5.56 Å². The highest BCUT2D eigenvalue weighted by Crippen LogP contribution is 2.28. The van der Waals surface area contributed by atoms with Crippen LogP contribution in [0.25, 0.3) is 0 Å². The van der Waals surface area contributed by atoms with Crippen molar-refractivity contribution in [1.29, 1.82) is 0 Å². The van der Waals surface area contributed by atoms with Gasteiger partial charge in [-0.3, -0.25) is 4.79 Å². The number of aliphatic carboxylic acids is 1. The topological polar surface area (TPSA) is 52.6 Å². The molecule has 0 unspecified atom stereocenters. The Hall–Kier alpha value is -1.71. The van der Waals surface area contributed by atoms with E-state index < -0.39 is 5.97 Å². The van der Waals surface area contributed by atoms with Crippen molar-refractivity contribution in [2.24, 2.45) is 0 Å². The highest BCUT2D eigenvalue weighted by molar-refractivity contribution is 5.73. The van der Waals surface area contributed by atoms with Gasteiger partial charge in [-0.15, -0.1) is 0 Å². The Labute approximate surface area is 88.5 Å². The van der Waals surface area contributed by atoms with Crippen molar-refractivity contribution in [1.82, 2.24) is 0 Å². The van der Waals surface area contributed by atoms with Gasteiger partial charge in [0.2, 0.25) is 0 Å². The van der Waals surface area contributed by atoms with E-state index in [4.69, 9.17) is 5.11 Å². The largest absolute Gasteiger partial charge is 0.480 e. The van der Waals surface area contributed by atoms with Gasteiger partial charge < -0.3 is 15.3 Å². The van der Waals surface area contributed by atoms with Crippen molar-refractivity contribution >= 4 is 17.3 Å². The van der Waals surface area contributed by atoms with E-state index in [0.717, 1.165) is 18.7 Å². The molecule has 0 atom stereocenters. The van der Waals surface area contributed by atoms with Crippen LogP contribution in [0.2, 0.25) is 0 Å². The number of nitrogens with one attached hydrogen (secondary N) is 1. The van der Waals surface area contributed by atoms with E-state index in [0.29, 0.717) is 0 Å². The molecule has 0 bridgehead atoms. The van der Waals surface area contributed by atoms with Gasteiger partial charge in [-0.05, 0) is 30.2 Å². The summed E-state index contributed by atoms with van der Waals surface area (Å²) in [4.78, 5) is 12.6. The van der Waals surface area contributed by atoms with Gasteiger partial charge in [-0.1, -0.05) is 0 Å². The first-order valence-corrected chi connectivity index (χ1v) is 4.96. The Morgan fingerprint density at radius 2 is 2.40 bits per heavy atom. The number of likely N-dealkylation sites (N-methyl/N-ethyl adjacent to an activating group) is 1. The fourth-order valence-electron chi connectivity index (χ4n) is 1.85. The number of benzene rings is 1. The molecule has 2 rings (SSSR count). The standard InChI is InChI=1S/C11H14N2O2/c1-13-5-4-8-6-9(2-3-10(8)13)12-7-11(14)15/h2-3,6,12H,4-5,7H2,1H3,(H,14,15). The number of anilines is 2. The molecule has 0 spiro atoms. The van der Waals surface area contributed by atoms with Crippen LogP contribution >= 0.6 is 0 Å². The van der Waals surface area contributed by atoms with Gasteiger partial charge >= 0.3 is 5.97 Å². The van der Waals surface area contributed by atoms with E-state index in [1.54, 1.807) is 0 Å². The van der Waals surface area contributed by atoms with Gasteiger partial charge in [0.05, 0.1) is 0 Å². The normalized spacial score (nSPS) is 13.8. The smallest absolute Gasteiger partial charge is 0.322 e. The zero-order valence-corrected chi connectivity index (χ0v) is 8.66. The lowest BCUT2D eigenvalue weighted by Gasteiger charge is -2.12. The van der Waals surface area contributed by atoms with E-state index >= 15 is 0 Å². The summed E-state index contributed by atoms with van der Waals surface area (Å²) in [5.41, 5.74) is 3.41. The second kappa shape index (κ2) is 3.81. The second-order valence-corrected chi connectivity index (χ2v) is 3.76. The lowest BCUT2D eigenvalue weighted by molar-refractivity contribution is -0.134. The maximum atomic E-state index is 10.4. The van der Waals surface area contributed by atoms with Crippen LogP contribution in [0.5, 0.6) is 0 Å². The first-order valence-electron chi connectivity index (χ1n) is 4.96. The van der Waals surface area contributed by atoms with Gasteiger partial charge in [-0.25, -0.2) is 0 Å². The third-order valence-corrected chi connectivity index (χ3v) is 2.65. The fraction of sp³-hybridized carbons (Fsp3) is 0.364. The lowest BCUT2D eigenvalue weighted by atomic mass is 10.1. The van der Waals surface area contributed by atoms with E-state index in [9.17, 15) is 4.79 Å². The number of fused-ring (bicyclic) bond motifs is 1. The predicted molar refractivity (Wildman–Crippen MR) is 59.5 cm³/mol. The molecule has 2 N–H and O–H groups in total. The van der Waals surface area contributed by atoms with E-state index in [2.05, 4.69) is 17.3 Å². The molecule has 80 valence electrons. The van der Waals surface area contributed by atoms with Gasteiger partial charge in [0.15, 0.2) is 0 Å². The van der Waals surface area contributed by atoms with Crippen molar-refractivity contribution in [3.63, 3.8) is 0 Å². The van der Waals surface area contributed by atoms with Gasteiger partial charge in [-0.2, -0.15) is 0 Å². The lowest BCUT2D eigenvalue weighted by Crippen LogP contribution is -2.13.